The molecule has 0 saturated carbocycles. The lowest BCUT2D eigenvalue weighted by Gasteiger charge is -2.35. The van der Waals surface area contributed by atoms with Crippen molar-refractivity contribution in [3.63, 3.8) is 0 Å². The number of hydrogen-bond acceptors (Lipinski definition) is 13. The van der Waals surface area contributed by atoms with E-state index in [4.69, 9.17) is 14.2 Å². The van der Waals surface area contributed by atoms with E-state index >= 15 is 0 Å². The minimum atomic E-state index is -1.59. The first-order chi connectivity index (χ1) is 21.7. The number of benzene rings is 2. The maximum atomic E-state index is 13.7. The first-order valence-corrected chi connectivity index (χ1v) is 13.9. The maximum absolute atomic E-state index is 13.7. The molecule has 8 atom stereocenters. The van der Waals surface area contributed by atoms with Gasteiger partial charge in [-0.1, -0.05) is 36.4 Å². The SMILES string of the molecule is O=C(Nc1nc2c(ncn2[C@@H]2O[C@H](CO[C@@H]3OC[C@@H](O)[C@@H](O)[C@H]3O)[C@@H](O)[C@H]2O)c(=O)n1C(=O)c1ccccc1)c1ccccc1. The summed E-state index contributed by atoms with van der Waals surface area (Å²) in [6.07, 6.45) is -10.3. The van der Waals surface area contributed by atoms with Gasteiger partial charge in [0.15, 0.2) is 23.7 Å². The number of ether oxygens (including phenoxy) is 3. The summed E-state index contributed by atoms with van der Waals surface area (Å²) in [6, 6.07) is 16.0. The Hall–Kier alpha value is -4.39. The van der Waals surface area contributed by atoms with Crippen LogP contribution in [0.4, 0.5) is 5.95 Å². The van der Waals surface area contributed by atoms with Gasteiger partial charge in [-0.25, -0.2) is 9.55 Å². The van der Waals surface area contributed by atoms with Crippen LogP contribution >= 0.6 is 0 Å². The van der Waals surface area contributed by atoms with Gasteiger partial charge >= 0.3 is 0 Å². The van der Waals surface area contributed by atoms with Gasteiger partial charge in [0.2, 0.25) is 5.95 Å². The number of imidazole rings is 1. The lowest BCUT2D eigenvalue weighted by atomic mass is 10.1. The summed E-state index contributed by atoms with van der Waals surface area (Å²) >= 11 is 0. The lowest BCUT2D eigenvalue weighted by Crippen LogP contribution is -2.54. The zero-order valence-electron chi connectivity index (χ0n) is 23.4. The summed E-state index contributed by atoms with van der Waals surface area (Å²) in [4.78, 5) is 48.8. The molecule has 0 radical (unpaired) electrons. The normalized spacial score (nSPS) is 28.3. The Morgan fingerprint density at radius 2 is 1.58 bits per heavy atom. The second-order valence-corrected chi connectivity index (χ2v) is 10.5. The van der Waals surface area contributed by atoms with Gasteiger partial charge in [-0.15, -0.1) is 0 Å². The zero-order valence-corrected chi connectivity index (χ0v) is 23.4. The van der Waals surface area contributed by atoms with E-state index in [0.717, 1.165) is 6.33 Å². The molecule has 2 aromatic heterocycles. The Balaban J connectivity index is 1.32. The molecule has 236 valence electrons. The Bertz CT molecular complexity index is 1750. The van der Waals surface area contributed by atoms with Crippen LogP contribution in [0.25, 0.3) is 11.2 Å². The van der Waals surface area contributed by atoms with Gasteiger partial charge in [0.1, 0.15) is 36.6 Å². The average molecular weight is 624 g/mol. The minimum Gasteiger partial charge on any atom is -0.388 e. The Kier molecular flexibility index (Phi) is 8.54. The fourth-order valence-corrected chi connectivity index (χ4v) is 5.11. The molecule has 2 aliphatic rings. The predicted octanol–water partition coefficient (Wildman–Crippen LogP) is -1.39. The van der Waals surface area contributed by atoms with Crippen molar-refractivity contribution in [2.75, 3.05) is 18.5 Å². The van der Waals surface area contributed by atoms with Crippen LogP contribution in [0.2, 0.25) is 0 Å². The molecule has 0 unspecified atom stereocenters. The van der Waals surface area contributed by atoms with Crippen molar-refractivity contribution in [2.24, 2.45) is 0 Å². The number of anilines is 1. The van der Waals surface area contributed by atoms with E-state index in [0.29, 0.717) is 4.57 Å². The van der Waals surface area contributed by atoms with Gasteiger partial charge < -0.3 is 39.7 Å². The number of rotatable bonds is 7. The van der Waals surface area contributed by atoms with Gasteiger partial charge in [0.25, 0.3) is 17.4 Å². The van der Waals surface area contributed by atoms with Crippen LogP contribution in [0, 0.1) is 0 Å². The van der Waals surface area contributed by atoms with Crippen LogP contribution in [0.15, 0.2) is 71.8 Å². The van der Waals surface area contributed by atoms with Crippen LogP contribution in [0.5, 0.6) is 0 Å². The first kappa shape index (κ1) is 30.6. The molecule has 2 aliphatic heterocycles. The van der Waals surface area contributed by atoms with Crippen molar-refractivity contribution in [1.82, 2.24) is 19.1 Å². The van der Waals surface area contributed by atoms with Crippen molar-refractivity contribution >= 4 is 28.9 Å². The average Bonchev–Trinajstić information content (AvgIpc) is 3.60. The number of nitrogens with zero attached hydrogens (tertiary/aromatic N) is 4. The third-order valence-corrected chi connectivity index (χ3v) is 7.57. The molecule has 0 bridgehead atoms. The van der Waals surface area contributed by atoms with Crippen molar-refractivity contribution in [2.45, 2.75) is 49.1 Å². The number of nitrogens with one attached hydrogen (secondary N) is 1. The number of hydrogen-bond donors (Lipinski definition) is 6. The molecule has 2 fully saturated rings. The van der Waals surface area contributed by atoms with E-state index in [2.05, 4.69) is 15.3 Å². The van der Waals surface area contributed by atoms with E-state index < -0.39 is 79.1 Å². The largest absolute Gasteiger partial charge is 0.388 e. The third-order valence-electron chi connectivity index (χ3n) is 7.57. The number of aromatic nitrogens is 4. The molecule has 0 spiro atoms. The Labute approximate surface area is 253 Å². The smallest absolute Gasteiger partial charge is 0.290 e. The first-order valence-electron chi connectivity index (χ1n) is 13.9. The fraction of sp³-hybridized carbons (Fsp3) is 0.345. The van der Waals surface area contributed by atoms with E-state index in [1.807, 2.05) is 0 Å². The summed E-state index contributed by atoms with van der Waals surface area (Å²) in [6.45, 7) is -0.710. The fourth-order valence-electron chi connectivity index (χ4n) is 5.11. The quantitative estimate of drug-likeness (QED) is 0.140. The highest BCUT2D eigenvalue weighted by molar-refractivity contribution is 6.06. The van der Waals surface area contributed by atoms with Crippen molar-refractivity contribution in [1.29, 1.82) is 0 Å². The summed E-state index contributed by atoms with van der Waals surface area (Å²) < 4.78 is 18.4. The summed E-state index contributed by atoms with van der Waals surface area (Å²) in [5.41, 5.74) is -0.985. The number of carbonyl (C=O) groups excluding carboxylic acids is 2. The highest BCUT2D eigenvalue weighted by Gasteiger charge is 2.46. The summed E-state index contributed by atoms with van der Waals surface area (Å²) in [5.74, 6) is -1.85. The monoisotopic (exact) mass is 623 g/mol. The minimum absolute atomic E-state index is 0.144. The highest BCUT2D eigenvalue weighted by Crippen LogP contribution is 2.32. The molecule has 45 heavy (non-hydrogen) atoms. The number of aliphatic hydroxyl groups excluding tert-OH is 5. The number of fused-ring (bicyclic) bond motifs is 1. The van der Waals surface area contributed by atoms with Gasteiger partial charge in [0, 0.05) is 11.1 Å². The Morgan fingerprint density at radius 1 is 0.911 bits per heavy atom. The van der Waals surface area contributed by atoms with Gasteiger partial charge in [0.05, 0.1) is 19.5 Å². The van der Waals surface area contributed by atoms with Crippen LogP contribution in [-0.2, 0) is 14.2 Å². The lowest BCUT2D eigenvalue weighted by molar-refractivity contribution is -0.276. The van der Waals surface area contributed by atoms with Gasteiger partial charge in [-0.05, 0) is 24.3 Å². The van der Waals surface area contributed by atoms with Crippen molar-refractivity contribution < 1.29 is 49.3 Å². The molecule has 4 aromatic rings. The van der Waals surface area contributed by atoms with Gasteiger partial charge in [-0.3, -0.25) is 24.3 Å². The van der Waals surface area contributed by atoms with Gasteiger partial charge in [-0.2, -0.15) is 4.98 Å². The molecule has 1 amide bonds. The van der Waals surface area contributed by atoms with Crippen LogP contribution < -0.4 is 10.9 Å². The summed E-state index contributed by atoms with van der Waals surface area (Å²) in [7, 11) is 0. The molecule has 6 rings (SSSR count). The van der Waals surface area contributed by atoms with Crippen molar-refractivity contribution in [3.8, 4) is 0 Å². The molecule has 16 heteroatoms. The zero-order chi connectivity index (χ0) is 31.8. The van der Waals surface area contributed by atoms with E-state index in [1.54, 1.807) is 36.4 Å². The Morgan fingerprint density at radius 3 is 2.27 bits per heavy atom. The van der Waals surface area contributed by atoms with E-state index in [-0.39, 0.29) is 28.9 Å². The second-order valence-electron chi connectivity index (χ2n) is 10.5. The molecular formula is C29H29N5O11. The third kappa shape index (κ3) is 5.76. The van der Waals surface area contributed by atoms with Crippen LogP contribution in [0.1, 0.15) is 26.9 Å². The summed E-state index contributed by atoms with van der Waals surface area (Å²) in [5, 5.41) is 53.7. The molecule has 0 aliphatic carbocycles. The maximum Gasteiger partial charge on any atom is 0.290 e. The topological polar surface area (TPSA) is 228 Å². The van der Waals surface area contributed by atoms with E-state index in [9.17, 15) is 39.9 Å². The molecular weight excluding hydrogens is 594 g/mol. The standard InChI is InChI=1S/C29H29N5O11/c35-16-11-43-28(22(39)19(16)36)44-12-17-20(37)21(38)27(45-17)33-13-30-18-23(33)31-29(32-24(40)14-7-3-1-4-8-14)34(26(18)42)25(41)15-9-5-2-6-10-15/h1-10,13,16-17,19-22,27-28,35-39H,11-12H2,(H,31,32,40)/t16-,17-,19-,20-,21-,22-,27-,28+/m1/s1. The number of carbonyl (C=O) groups is 2. The molecule has 2 aromatic carbocycles. The molecule has 2 saturated heterocycles. The second kappa shape index (κ2) is 12.5. The van der Waals surface area contributed by atoms with Crippen molar-refractivity contribution in [3.05, 3.63) is 88.5 Å². The highest BCUT2D eigenvalue weighted by atomic mass is 16.7. The number of amides is 1. The predicted molar refractivity (Wildman–Crippen MR) is 152 cm³/mol. The van der Waals surface area contributed by atoms with Crippen LogP contribution in [-0.4, -0.2) is 113 Å². The van der Waals surface area contributed by atoms with E-state index in [1.165, 1.54) is 28.8 Å². The van der Waals surface area contributed by atoms with Crippen LogP contribution in [0.3, 0.4) is 0 Å². The molecule has 6 N–H and O–H groups in total. The molecule has 4 heterocycles. The number of aliphatic hydroxyl groups is 5. The molecule has 16 nitrogen and oxygen atoms in total.